The normalized spacial score (nSPS) is 38.8. The molecule has 1 heterocycles. The van der Waals surface area contributed by atoms with Crippen LogP contribution in [0.1, 0.15) is 44.9 Å². The van der Waals surface area contributed by atoms with Crippen LogP contribution in [-0.2, 0) is 19.2 Å². The highest BCUT2D eigenvalue weighted by atomic mass is 16.7. The first-order chi connectivity index (χ1) is 11.6. The fraction of sp³-hybridized carbons (Fsp3) is 0.632. The predicted molar refractivity (Wildman–Crippen MR) is 86.0 cm³/mol. The molecule has 3 aliphatic carbocycles. The monoisotopic (exact) mass is 329 g/mol. The first-order valence-corrected chi connectivity index (χ1v) is 9.05. The van der Waals surface area contributed by atoms with Crippen LogP contribution < -0.4 is 0 Å². The van der Waals surface area contributed by atoms with Crippen molar-refractivity contribution >= 4 is 17.8 Å². The molecule has 5 heteroatoms. The van der Waals surface area contributed by atoms with Crippen molar-refractivity contribution in [2.45, 2.75) is 44.9 Å². The predicted octanol–water partition coefficient (Wildman–Crippen LogP) is 2.78. The Morgan fingerprint density at radius 2 is 1.54 bits per heavy atom. The van der Waals surface area contributed by atoms with E-state index in [0.717, 1.165) is 12.8 Å². The van der Waals surface area contributed by atoms with Crippen molar-refractivity contribution in [2.24, 2.45) is 29.6 Å². The Morgan fingerprint density at radius 1 is 1.00 bits per heavy atom. The number of hydrogen-bond acceptors (Lipinski definition) is 4. The summed E-state index contributed by atoms with van der Waals surface area (Å²) >= 11 is 0. The maximum atomic E-state index is 12.3. The van der Waals surface area contributed by atoms with Crippen molar-refractivity contribution in [3.8, 4) is 0 Å². The van der Waals surface area contributed by atoms with E-state index in [1.165, 1.54) is 12.8 Å². The molecule has 1 saturated carbocycles. The van der Waals surface area contributed by atoms with Gasteiger partial charge in [-0.05, 0) is 55.3 Å². The first kappa shape index (κ1) is 15.6. The van der Waals surface area contributed by atoms with E-state index >= 15 is 0 Å². The zero-order valence-corrected chi connectivity index (χ0v) is 13.7. The Morgan fingerprint density at radius 3 is 2.08 bits per heavy atom. The van der Waals surface area contributed by atoms with Gasteiger partial charge in [0.05, 0.1) is 6.42 Å². The second-order valence-corrected chi connectivity index (χ2v) is 7.41. The van der Waals surface area contributed by atoms with Gasteiger partial charge >= 0.3 is 5.97 Å². The minimum atomic E-state index is -0.449. The molecular weight excluding hydrogens is 306 g/mol. The Bertz CT molecular complexity index is 581. The number of carbonyl (C=O) groups is 3. The van der Waals surface area contributed by atoms with Crippen LogP contribution in [0.3, 0.4) is 0 Å². The molecule has 0 spiro atoms. The highest BCUT2D eigenvalue weighted by molar-refractivity contribution is 6.01. The van der Waals surface area contributed by atoms with Gasteiger partial charge in [0.25, 0.3) is 11.8 Å². The van der Waals surface area contributed by atoms with Crippen LogP contribution in [-0.4, -0.2) is 22.8 Å². The summed E-state index contributed by atoms with van der Waals surface area (Å²) in [6.07, 6.45) is 14.3. The first-order valence-electron chi connectivity index (χ1n) is 9.05. The van der Waals surface area contributed by atoms with Crippen molar-refractivity contribution in [3.63, 3.8) is 0 Å². The van der Waals surface area contributed by atoms with E-state index in [2.05, 4.69) is 24.3 Å². The van der Waals surface area contributed by atoms with Gasteiger partial charge in [-0.2, -0.15) is 0 Å². The quantitative estimate of drug-likeness (QED) is 0.590. The number of rotatable bonds is 3. The van der Waals surface area contributed by atoms with Crippen LogP contribution in [0.25, 0.3) is 0 Å². The number of allylic oxidation sites excluding steroid dienone is 4. The lowest BCUT2D eigenvalue weighted by Crippen LogP contribution is -2.33. The summed E-state index contributed by atoms with van der Waals surface area (Å²) in [6, 6.07) is 0. The number of amides is 2. The molecule has 2 bridgehead atoms. The molecule has 0 aromatic carbocycles. The molecule has 24 heavy (non-hydrogen) atoms. The van der Waals surface area contributed by atoms with Crippen molar-refractivity contribution in [1.29, 1.82) is 0 Å². The lowest BCUT2D eigenvalue weighted by molar-refractivity contribution is -0.198. The highest BCUT2D eigenvalue weighted by Gasteiger charge is 2.51. The molecule has 0 aromatic heterocycles. The Hall–Kier alpha value is -1.91. The molecule has 5 nitrogen and oxygen atoms in total. The molecule has 4 atom stereocenters. The third-order valence-corrected chi connectivity index (χ3v) is 6.18. The van der Waals surface area contributed by atoms with Crippen LogP contribution >= 0.6 is 0 Å². The van der Waals surface area contributed by atoms with Crippen LogP contribution in [0.4, 0.5) is 0 Å². The zero-order valence-electron chi connectivity index (χ0n) is 13.7. The summed E-state index contributed by atoms with van der Waals surface area (Å²) in [5, 5.41) is 0.666. The average Bonchev–Trinajstić information content (AvgIpc) is 3.14. The van der Waals surface area contributed by atoms with E-state index in [1.54, 1.807) is 0 Å². The number of nitrogens with zero attached hydrogens (tertiary/aromatic N) is 1. The summed E-state index contributed by atoms with van der Waals surface area (Å²) in [4.78, 5) is 40.6. The zero-order chi connectivity index (χ0) is 16.7. The molecule has 1 saturated heterocycles. The summed E-state index contributed by atoms with van der Waals surface area (Å²) in [6.45, 7) is 0. The number of fused-ring (bicyclic) bond motifs is 5. The van der Waals surface area contributed by atoms with E-state index in [-0.39, 0.29) is 18.8 Å². The molecule has 0 aromatic rings. The van der Waals surface area contributed by atoms with Crippen LogP contribution in [0, 0.1) is 29.6 Å². The van der Waals surface area contributed by atoms with Gasteiger partial charge in [0.15, 0.2) is 0 Å². The fourth-order valence-corrected chi connectivity index (χ4v) is 5.18. The van der Waals surface area contributed by atoms with Gasteiger partial charge in [0.1, 0.15) is 0 Å². The third-order valence-electron chi connectivity index (χ3n) is 6.18. The molecule has 128 valence electrons. The fourth-order valence-electron chi connectivity index (χ4n) is 5.18. The number of carbonyl (C=O) groups excluding carboxylic acids is 3. The Kier molecular flexibility index (Phi) is 4.02. The van der Waals surface area contributed by atoms with E-state index < -0.39 is 17.8 Å². The van der Waals surface area contributed by atoms with Gasteiger partial charge in [0.2, 0.25) is 0 Å². The van der Waals surface area contributed by atoms with E-state index in [0.29, 0.717) is 35.2 Å². The maximum Gasteiger partial charge on any atom is 0.333 e. The maximum absolute atomic E-state index is 12.3. The van der Waals surface area contributed by atoms with Crippen molar-refractivity contribution < 1.29 is 19.2 Å². The highest BCUT2D eigenvalue weighted by Crippen LogP contribution is 2.56. The van der Waals surface area contributed by atoms with Crippen molar-refractivity contribution in [1.82, 2.24) is 5.06 Å². The smallest absolute Gasteiger partial charge is 0.330 e. The summed E-state index contributed by atoms with van der Waals surface area (Å²) in [7, 11) is 0. The van der Waals surface area contributed by atoms with Gasteiger partial charge in [-0.3, -0.25) is 9.59 Å². The molecule has 4 rings (SSSR count). The summed E-state index contributed by atoms with van der Waals surface area (Å²) in [5.41, 5.74) is 0. The number of hydroxylamine groups is 2. The number of hydrogen-bond donors (Lipinski definition) is 0. The van der Waals surface area contributed by atoms with Crippen LogP contribution in [0.5, 0.6) is 0 Å². The summed E-state index contributed by atoms with van der Waals surface area (Å²) < 4.78 is 0. The molecular formula is C19H23NO4. The van der Waals surface area contributed by atoms with Gasteiger partial charge < -0.3 is 4.84 Å². The SMILES string of the molecule is O=C(CC1C2C=CC1C1CC/C=C/CCC21)ON1C(=O)CCC1=O. The second-order valence-electron chi connectivity index (χ2n) is 7.41. The standard InChI is InChI=1S/C19H23NO4/c21-17-9-10-18(22)20(17)24-19(23)11-16-14-7-8-15(16)13-6-4-2-1-3-5-12(13)14/h1-2,7-8,12-16H,3-6,9-11H2/b2-1+. The minimum absolute atomic E-state index is 0.138. The Labute approximate surface area is 141 Å². The third kappa shape index (κ3) is 2.60. The van der Waals surface area contributed by atoms with Gasteiger partial charge in [-0.25, -0.2) is 4.79 Å². The average molecular weight is 329 g/mol. The molecule has 0 N–H and O–H groups in total. The molecule has 4 aliphatic rings. The van der Waals surface area contributed by atoms with Crippen molar-refractivity contribution in [2.75, 3.05) is 0 Å². The van der Waals surface area contributed by atoms with Crippen LogP contribution in [0.15, 0.2) is 24.3 Å². The lowest BCUT2D eigenvalue weighted by Gasteiger charge is -2.28. The largest absolute Gasteiger partial charge is 0.333 e. The molecule has 2 amide bonds. The van der Waals surface area contributed by atoms with E-state index in [4.69, 9.17) is 4.84 Å². The van der Waals surface area contributed by atoms with Crippen molar-refractivity contribution in [3.05, 3.63) is 24.3 Å². The second kappa shape index (κ2) is 6.19. The summed E-state index contributed by atoms with van der Waals surface area (Å²) in [5.74, 6) is 1.17. The van der Waals surface area contributed by atoms with Gasteiger partial charge in [-0.15, -0.1) is 5.06 Å². The molecule has 1 aliphatic heterocycles. The van der Waals surface area contributed by atoms with E-state index in [1.807, 2.05) is 0 Å². The Balaban J connectivity index is 1.41. The van der Waals surface area contributed by atoms with E-state index in [9.17, 15) is 14.4 Å². The topological polar surface area (TPSA) is 63.7 Å². The molecule has 4 unspecified atom stereocenters. The van der Waals surface area contributed by atoms with Gasteiger partial charge in [0, 0.05) is 12.8 Å². The number of imide groups is 1. The lowest BCUT2D eigenvalue weighted by atomic mass is 9.77. The van der Waals surface area contributed by atoms with Crippen LogP contribution in [0.2, 0.25) is 0 Å². The molecule has 2 fully saturated rings. The molecule has 0 radical (unpaired) electrons. The van der Waals surface area contributed by atoms with Gasteiger partial charge in [-0.1, -0.05) is 24.3 Å². The minimum Gasteiger partial charge on any atom is -0.330 e.